The van der Waals surface area contributed by atoms with Gasteiger partial charge >= 0.3 is 0 Å². The van der Waals surface area contributed by atoms with E-state index in [9.17, 15) is 4.79 Å². The van der Waals surface area contributed by atoms with Crippen LogP contribution in [-0.4, -0.2) is 5.78 Å². The predicted octanol–water partition coefficient (Wildman–Crippen LogP) is 2.94. The van der Waals surface area contributed by atoms with Crippen LogP contribution in [0, 0.1) is 16.7 Å². The molecule has 3 aliphatic rings. The molecule has 3 aliphatic carbocycles. The quantitative estimate of drug-likeness (QED) is 0.557. The highest BCUT2D eigenvalue weighted by molar-refractivity contribution is 5.91. The van der Waals surface area contributed by atoms with Crippen LogP contribution in [0.3, 0.4) is 0 Å². The summed E-state index contributed by atoms with van der Waals surface area (Å²) >= 11 is 0. The number of hydrogen-bond donors (Lipinski definition) is 0. The molecule has 0 aromatic rings. The molecule has 0 aromatic carbocycles. The van der Waals surface area contributed by atoms with E-state index in [1.807, 2.05) is 0 Å². The second kappa shape index (κ2) is 2.18. The average Bonchev–Trinajstić information content (AvgIpc) is 2.10. The number of carbonyl (C=O) groups excluding carboxylic acids is 1. The van der Waals surface area contributed by atoms with Gasteiger partial charge in [0.1, 0.15) is 5.78 Å². The van der Waals surface area contributed by atoms with Crippen molar-refractivity contribution >= 4 is 5.78 Å². The van der Waals surface area contributed by atoms with Crippen molar-refractivity contribution in [3.8, 4) is 0 Å². The molecule has 3 atom stereocenters. The van der Waals surface area contributed by atoms with Crippen LogP contribution in [-0.2, 0) is 4.79 Å². The second-order valence-electron chi connectivity index (χ2n) is 5.86. The van der Waals surface area contributed by atoms with Gasteiger partial charge in [-0.2, -0.15) is 0 Å². The third-order valence-corrected chi connectivity index (χ3v) is 5.01. The van der Waals surface area contributed by atoms with E-state index in [4.69, 9.17) is 0 Å². The van der Waals surface area contributed by atoms with Crippen LogP contribution < -0.4 is 0 Å². The van der Waals surface area contributed by atoms with Crippen molar-refractivity contribution in [2.45, 2.75) is 51.9 Å². The zero-order chi connectivity index (χ0) is 9.10. The van der Waals surface area contributed by atoms with Gasteiger partial charge in [0.25, 0.3) is 0 Å². The summed E-state index contributed by atoms with van der Waals surface area (Å²) in [6, 6.07) is 0. The zero-order valence-corrected chi connectivity index (χ0v) is 8.44. The third-order valence-electron chi connectivity index (χ3n) is 5.01. The monoisotopic (exact) mass is 178 g/mol. The molecule has 0 aliphatic heterocycles. The smallest absolute Gasteiger partial charge is 0.139 e. The molecule has 0 amide bonds. The van der Waals surface area contributed by atoms with Crippen LogP contribution in [0.25, 0.3) is 0 Å². The first kappa shape index (κ1) is 8.02. The Balaban J connectivity index is 1.96. The molecular weight excluding hydrogens is 160 g/mol. The highest BCUT2D eigenvalue weighted by Gasteiger charge is 2.60. The lowest BCUT2D eigenvalue weighted by Crippen LogP contribution is -2.57. The van der Waals surface area contributed by atoms with Crippen molar-refractivity contribution in [3.05, 3.63) is 0 Å². The Hall–Kier alpha value is -0.330. The van der Waals surface area contributed by atoms with Crippen LogP contribution in [0.5, 0.6) is 0 Å². The molecule has 0 aromatic heterocycles. The molecule has 13 heavy (non-hydrogen) atoms. The standard InChI is InChI=1S/C12H18O/c1-11-4-2-5-12(8-11)9(3-6-11)7-10(12)13/h9H,2-8H2,1H3. The molecular formula is C12H18O. The lowest BCUT2D eigenvalue weighted by molar-refractivity contribution is -0.164. The van der Waals surface area contributed by atoms with Gasteiger partial charge in [0.15, 0.2) is 0 Å². The summed E-state index contributed by atoms with van der Waals surface area (Å²) < 4.78 is 0. The van der Waals surface area contributed by atoms with Gasteiger partial charge in [0.05, 0.1) is 0 Å². The SMILES string of the molecule is CC12CCCC3(C1)C(=O)CC3CC2. The summed E-state index contributed by atoms with van der Waals surface area (Å²) in [6.07, 6.45) is 8.74. The summed E-state index contributed by atoms with van der Waals surface area (Å²) in [5.41, 5.74) is 0.732. The minimum Gasteiger partial charge on any atom is -0.299 e. The lowest BCUT2D eigenvalue weighted by Gasteiger charge is -2.59. The van der Waals surface area contributed by atoms with E-state index in [2.05, 4.69) is 6.92 Å². The van der Waals surface area contributed by atoms with Gasteiger partial charge in [-0.25, -0.2) is 0 Å². The highest BCUT2D eigenvalue weighted by atomic mass is 16.1. The molecule has 3 saturated carbocycles. The van der Waals surface area contributed by atoms with Crippen LogP contribution in [0.4, 0.5) is 0 Å². The molecule has 1 heteroatoms. The van der Waals surface area contributed by atoms with Crippen LogP contribution >= 0.6 is 0 Å². The topological polar surface area (TPSA) is 17.1 Å². The van der Waals surface area contributed by atoms with Crippen LogP contribution in [0.1, 0.15) is 51.9 Å². The highest BCUT2D eigenvalue weighted by Crippen LogP contribution is 2.64. The maximum Gasteiger partial charge on any atom is 0.139 e. The van der Waals surface area contributed by atoms with Crippen molar-refractivity contribution in [2.75, 3.05) is 0 Å². The fraction of sp³-hybridized carbons (Fsp3) is 0.917. The van der Waals surface area contributed by atoms with Crippen molar-refractivity contribution in [1.82, 2.24) is 0 Å². The van der Waals surface area contributed by atoms with Crippen molar-refractivity contribution < 1.29 is 4.79 Å². The Morgan fingerprint density at radius 3 is 2.85 bits per heavy atom. The summed E-state index contributed by atoms with van der Waals surface area (Å²) in [6.45, 7) is 2.40. The summed E-state index contributed by atoms with van der Waals surface area (Å²) in [7, 11) is 0. The molecule has 2 bridgehead atoms. The van der Waals surface area contributed by atoms with E-state index in [1.165, 1.54) is 38.5 Å². The van der Waals surface area contributed by atoms with Crippen LogP contribution in [0.15, 0.2) is 0 Å². The first-order chi connectivity index (χ1) is 6.15. The van der Waals surface area contributed by atoms with Crippen molar-refractivity contribution in [3.63, 3.8) is 0 Å². The molecule has 72 valence electrons. The van der Waals surface area contributed by atoms with Crippen molar-refractivity contribution in [2.24, 2.45) is 16.7 Å². The van der Waals surface area contributed by atoms with Gasteiger partial charge in [-0.05, 0) is 43.4 Å². The molecule has 0 N–H and O–H groups in total. The maximum atomic E-state index is 11.7. The minimum atomic E-state index is 0.200. The number of ketones is 1. The molecule has 1 spiro atoms. The number of rotatable bonds is 0. The normalized spacial score (nSPS) is 53.9. The third kappa shape index (κ3) is 0.858. The van der Waals surface area contributed by atoms with Gasteiger partial charge in [-0.1, -0.05) is 13.3 Å². The van der Waals surface area contributed by atoms with E-state index < -0.39 is 0 Å². The van der Waals surface area contributed by atoms with E-state index >= 15 is 0 Å². The van der Waals surface area contributed by atoms with E-state index in [0.29, 0.717) is 11.2 Å². The Labute approximate surface area is 79.9 Å². The van der Waals surface area contributed by atoms with E-state index in [-0.39, 0.29) is 5.41 Å². The Morgan fingerprint density at radius 1 is 1.31 bits per heavy atom. The van der Waals surface area contributed by atoms with E-state index in [0.717, 1.165) is 12.3 Å². The first-order valence-corrected chi connectivity index (χ1v) is 5.68. The minimum absolute atomic E-state index is 0.200. The maximum absolute atomic E-state index is 11.7. The molecule has 3 rings (SSSR count). The molecule has 0 radical (unpaired) electrons. The van der Waals surface area contributed by atoms with Gasteiger partial charge in [0.2, 0.25) is 0 Å². The summed E-state index contributed by atoms with van der Waals surface area (Å²) in [5.74, 6) is 1.39. The van der Waals surface area contributed by atoms with Gasteiger partial charge in [0, 0.05) is 11.8 Å². The summed E-state index contributed by atoms with van der Waals surface area (Å²) in [4.78, 5) is 11.7. The number of fused-ring (bicyclic) bond motifs is 1. The fourth-order valence-corrected chi connectivity index (χ4v) is 4.19. The zero-order valence-electron chi connectivity index (χ0n) is 8.44. The Morgan fingerprint density at radius 2 is 2.15 bits per heavy atom. The number of Topliss-reactive ketones (excluding diaryl/α,β-unsaturated/α-hetero) is 1. The lowest BCUT2D eigenvalue weighted by atomic mass is 9.43. The van der Waals surface area contributed by atoms with Gasteiger partial charge in [-0.15, -0.1) is 0 Å². The van der Waals surface area contributed by atoms with Gasteiger partial charge in [-0.3, -0.25) is 4.79 Å². The largest absolute Gasteiger partial charge is 0.299 e. The molecule has 1 nitrogen and oxygen atoms in total. The average molecular weight is 178 g/mol. The first-order valence-electron chi connectivity index (χ1n) is 5.68. The van der Waals surface area contributed by atoms with Crippen molar-refractivity contribution in [1.29, 1.82) is 0 Å². The molecule has 0 saturated heterocycles. The number of hydrogen-bond acceptors (Lipinski definition) is 1. The fourth-order valence-electron chi connectivity index (χ4n) is 4.19. The van der Waals surface area contributed by atoms with E-state index in [1.54, 1.807) is 0 Å². The molecule has 3 fully saturated rings. The Kier molecular flexibility index (Phi) is 1.35. The van der Waals surface area contributed by atoms with Gasteiger partial charge < -0.3 is 0 Å². The number of carbonyl (C=O) groups is 1. The molecule has 0 heterocycles. The van der Waals surface area contributed by atoms with Crippen LogP contribution in [0.2, 0.25) is 0 Å². The second-order valence-corrected chi connectivity index (χ2v) is 5.86. The summed E-state index contributed by atoms with van der Waals surface area (Å²) in [5, 5.41) is 0. The predicted molar refractivity (Wildman–Crippen MR) is 51.4 cm³/mol. The Bertz CT molecular complexity index is 270. The molecule has 3 unspecified atom stereocenters.